The van der Waals surface area contributed by atoms with E-state index in [4.69, 9.17) is 15.2 Å². The summed E-state index contributed by atoms with van der Waals surface area (Å²) in [6.45, 7) is 3.09. The predicted octanol–water partition coefficient (Wildman–Crippen LogP) is 2.42. The van der Waals surface area contributed by atoms with Crippen molar-refractivity contribution in [2.45, 2.75) is 25.8 Å². The standard InChI is InChI=1S/C21H24N6O3/c1-10-7-14(27-21(24-10)29-2)18-19-16-13(26-18)8-12(9-15(16)30-6-5-23-19)25-17(20(22)28)11-3-4-11/h7-9,11,17,23,25-26H,3-6H2,1-2H3,(H2,22,28)/t17-/m0/s1. The van der Waals surface area contributed by atoms with Crippen LogP contribution in [0.3, 0.4) is 0 Å². The minimum absolute atomic E-state index is 0.297. The van der Waals surface area contributed by atoms with E-state index < -0.39 is 0 Å². The molecule has 2 aliphatic rings. The molecular weight excluding hydrogens is 384 g/mol. The van der Waals surface area contributed by atoms with Gasteiger partial charge in [0.1, 0.15) is 18.4 Å². The van der Waals surface area contributed by atoms with Crippen molar-refractivity contribution in [3.8, 4) is 23.1 Å². The molecule has 1 amide bonds. The number of aryl methyl sites for hydroxylation is 1. The highest BCUT2D eigenvalue weighted by Gasteiger charge is 2.35. The number of carbonyl (C=O) groups excluding carboxylic acids is 1. The number of ether oxygens (including phenoxy) is 2. The third-order valence-electron chi connectivity index (χ3n) is 5.52. The van der Waals surface area contributed by atoms with E-state index in [2.05, 4.69) is 25.6 Å². The monoisotopic (exact) mass is 408 g/mol. The number of rotatable bonds is 6. The zero-order chi connectivity index (χ0) is 20.8. The lowest BCUT2D eigenvalue weighted by Gasteiger charge is -2.17. The van der Waals surface area contributed by atoms with Gasteiger partial charge >= 0.3 is 6.01 Å². The maximum atomic E-state index is 11.9. The van der Waals surface area contributed by atoms with Crippen molar-refractivity contribution in [1.29, 1.82) is 0 Å². The van der Waals surface area contributed by atoms with Crippen molar-refractivity contribution in [2.75, 3.05) is 30.9 Å². The summed E-state index contributed by atoms with van der Waals surface area (Å²) >= 11 is 0. The summed E-state index contributed by atoms with van der Waals surface area (Å²) in [5, 5.41) is 7.70. The Morgan fingerprint density at radius 3 is 2.90 bits per heavy atom. The Morgan fingerprint density at radius 1 is 1.33 bits per heavy atom. The number of aromatic nitrogens is 3. The molecule has 1 saturated carbocycles. The molecule has 9 nitrogen and oxygen atoms in total. The second kappa shape index (κ2) is 7.08. The fraction of sp³-hybridized carbons (Fsp3) is 0.381. The highest BCUT2D eigenvalue weighted by atomic mass is 16.5. The molecule has 9 heteroatoms. The van der Waals surface area contributed by atoms with Crippen LogP contribution in [0.5, 0.6) is 11.8 Å². The predicted molar refractivity (Wildman–Crippen MR) is 114 cm³/mol. The van der Waals surface area contributed by atoms with Gasteiger partial charge in [0.2, 0.25) is 5.91 Å². The summed E-state index contributed by atoms with van der Waals surface area (Å²) in [5.74, 6) is 0.711. The SMILES string of the molecule is COc1nc(C)cc(-c2[nH]c3cc(N[C@H](C(N)=O)C4CC4)cc4c3c2NCCO4)n1. The average Bonchev–Trinajstić information content (AvgIpc) is 3.51. The maximum absolute atomic E-state index is 11.9. The maximum Gasteiger partial charge on any atom is 0.316 e. The van der Waals surface area contributed by atoms with Crippen LogP contribution in [0.1, 0.15) is 18.5 Å². The van der Waals surface area contributed by atoms with Crippen LogP contribution in [-0.4, -0.2) is 47.2 Å². The summed E-state index contributed by atoms with van der Waals surface area (Å²) in [6, 6.07) is 5.76. The molecule has 0 unspecified atom stereocenters. The fourth-order valence-corrected chi connectivity index (χ4v) is 3.99. The first-order chi connectivity index (χ1) is 14.5. The van der Waals surface area contributed by atoms with Crippen molar-refractivity contribution < 1.29 is 14.3 Å². The van der Waals surface area contributed by atoms with Crippen molar-refractivity contribution >= 4 is 28.2 Å². The second-order valence-corrected chi connectivity index (χ2v) is 7.79. The Bertz CT molecular complexity index is 1140. The Morgan fingerprint density at radius 2 is 2.17 bits per heavy atom. The Hall–Kier alpha value is -3.49. The lowest BCUT2D eigenvalue weighted by Crippen LogP contribution is -2.37. The number of hydrogen-bond donors (Lipinski definition) is 4. The zero-order valence-electron chi connectivity index (χ0n) is 16.9. The summed E-state index contributed by atoms with van der Waals surface area (Å²) in [5.41, 5.74) is 10.6. The van der Waals surface area contributed by atoms with E-state index in [-0.39, 0.29) is 11.9 Å². The number of anilines is 2. The van der Waals surface area contributed by atoms with Gasteiger partial charge in [-0.2, -0.15) is 4.98 Å². The lowest BCUT2D eigenvalue weighted by atomic mass is 10.1. The number of nitrogens with two attached hydrogens (primary N) is 1. The van der Waals surface area contributed by atoms with E-state index in [1.165, 1.54) is 0 Å². The van der Waals surface area contributed by atoms with Gasteiger partial charge in [0.25, 0.3) is 0 Å². The molecule has 0 saturated heterocycles. The van der Waals surface area contributed by atoms with Crippen LogP contribution >= 0.6 is 0 Å². The minimum atomic E-state index is -0.374. The number of amides is 1. The van der Waals surface area contributed by atoms with Crippen molar-refractivity contribution in [3.63, 3.8) is 0 Å². The van der Waals surface area contributed by atoms with E-state index in [9.17, 15) is 4.79 Å². The third-order valence-corrected chi connectivity index (χ3v) is 5.52. The number of carbonyl (C=O) groups is 1. The van der Waals surface area contributed by atoms with Crippen molar-refractivity contribution in [2.24, 2.45) is 11.7 Å². The molecule has 1 fully saturated rings. The van der Waals surface area contributed by atoms with Crippen molar-refractivity contribution in [1.82, 2.24) is 15.0 Å². The third kappa shape index (κ3) is 3.26. The van der Waals surface area contributed by atoms with Crippen LogP contribution in [0, 0.1) is 12.8 Å². The molecule has 30 heavy (non-hydrogen) atoms. The highest BCUT2D eigenvalue weighted by molar-refractivity contribution is 6.06. The van der Waals surface area contributed by atoms with Gasteiger partial charge in [-0.05, 0) is 37.8 Å². The first-order valence-corrected chi connectivity index (χ1v) is 10.1. The normalized spacial score (nSPS) is 16.3. The molecule has 2 aromatic heterocycles. The molecule has 1 aliphatic carbocycles. The van der Waals surface area contributed by atoms with Crippen LogP contribution in [0.15, 0.2) is 18.2 Å². The van der Waals surface area contributed by atoms with E-state index in [1.807, 2.05) is 25.1 Å². The lowest BCUT2D eigenvalue weighted by molar-refractivity contribution is -0.119. The van der Waals surface area contributed by atoms with Crippen LogP contribution in [0.25, 0.3) is 22.3 Å². The van der Waals surface area contributed by atoms with Crippen molar-refractivity contribution in [3.05, 3.63) is 23.9 Å². The van der Waals surface area contributed by atoms with Gasteiger partial charge < -0.3 is 30.8 Å². The summed E-state index contributed by atoms with van der Waals surface area (Å²) < 4.78 is 11.2. The van der Waals surface area contributed by atoms with Gasteiger partial charge in [-0.15, -0.1) is 0 Å². The summed E-state index contributed by atoms with van der Waals surface area (Å²) in [7, 11) is 1.55. The molecule has 0 bridgehead atoms. The number of primary amides is 1. The number of nitrogens with one attached hydrogen (secondary N) is 3. The van der Waals surface area contributed by atoms with Crippen LogP contribution in [0.2, 0.25) is 0 Å². The van der Waals surface area contributed by atoms with E-state index in [1.54, 1.807) is 7.11 Å². The Balaban J connectivity index is 1.63. The first kappa shape index (κ1) is 18.5. The van der Waals surface area contributed by atoms with Crippen LogP contribution in [0.4, 0.5) is 11.4 Å². The molecule has 3 heterocycles. The van der Waals surface area contributed by atoms with Gasteiger partial charge in [0.15, 0.2) is 0 Å². The smallest absolute Gasteiger partial charge is 0.316 e. The minimum Gasteiger partial charge on any atom is -0.491 e. The molecule has 5 N–H and O–H groups in total. The number of H-pyrrole nitrogens is 1. The number of nitrogens with zero attached hydrogens (tertiary/aromatic N) is 2. The van der Waals surface area contributed by atoms with Crippen LogP contribution < -0.4 is 25.8 Å². The molecule has 1 aromatic carbocycles. The fourth-order valence-electron chi connectivity index (χ4n) is 3.99. The topological polar surface area (TPSA) is 127 Å². The summed E-state index contributed by atoms with van der Waals surface area (Å²) in [4.78, 5) is 24.1. The zero-order valence-corrected chi connectivity index (χ0v) is 16.9. The van der Waals surface area contributed by atoms with Gasteiger partial charge in [-0.1, -0.05) is 0 Å². The number of methoxy groups -OCH3 is 1. The van der Waals surface area contributed by atoms with Gasteiger partial charge in [0.05, 0.1) is 35.1 Å². The van der Waals surface area contributed by atoms with E-state index in [0.29, 0.717) is 25.1 Å². The molecule has 156 valence electrons. The van der Waals surface area contributed by atoms with Gasteiger partial charge in [0, 0.05) is 24.0 Å². The first-order valence-electron chi connectivity index (χ1n) is 10.1. The molecule has 0 radical (unpaired) electrons. The number of aromatic amines is 1. The summed E-state index contributed by atoms with van der Waals surface area (Å²) in [6.07, 6.45) is 2.03. The molecule has 0 spiro atoms. The molecule has 5 rings (SSSR count). The number of hydrogen-bond acceptors (Lipinski definition) is 7. The Labute approximate surface area is 173 Å². The van der Waals surface area contributed by atoms with E-state index >= 15 is 0 Å². The van der Waals surface area contributed by atoms with Gasteiger partial charge in [-0.3, -0.25) is 4.79 Å². The van der Waals surface area contributed by atoms with Gasteiger partial charge in [-0.25, -0.2) is 4.98 Å². The molecule has 1 aliphatic heterocycles. The largest absolute Gasteiger partial charge is 0.491 e. The van der Waals surface area contributed by atoms with Crippen LogP contribution in [-0.2, 0) is 4.79 Å². The molecule has 3 aromatic rings. The quantitative estimate of drug-likeness (QED) is 0.493. The second-order valence-electron chi connectivity index (χ2n) is 7.79. The number of benzene rings is 1. The average molecular weight is 408 g/mol. The molecule has 1 atom stereocenters. The van der Waals surface area contributed by atoms with E-state index in [0.717, 1.165) is 58.0 Å². The highest BCUT2D eigenvalue weighted by Crippen LogP contribution is 2.43. The Kier molecular flexibility index (Phi) is 4.38. The molecular formula is C21H24N6O3.